The van der Waals surface area contributed by atoms with Crippen LogP contribution in [0.5, 0.6) is 0 Å². The average molecular weight is 237 g/mol. The van der Waals surface area contributed by atoms with E-state index in [1.54, 1.807) is 0 Å². The Morgan fingerprint density at radius 1 is 1.07 bits per heavy atom. The molecule has 0 heterocycles. The maximum Gasteiger partial charge on any atom is 0.344 e. The maximum atomic E-state index is 10.9. The van der Waals surface area contributed by atoms with Gasteiger partial charge in [0.1, 0.15) is 0 Å². The van der Waals surface area contributed by atoms with Gasteiger partial charge in [-0.3, -0.25) is 4.79 Å². The molecule has 4 nitrogen and oxygen atoms in total. The van der Waals surface area contributed by atoms with Crippen molar-refractivity contribution in [2.24, 2.45) is 0 Å². The first-order valence-electron chi connectivity index (χ1n) is 5.01. The Morgan fingerprint density at radius 2 is 1.73 bits per heavy atom. The molecule has 0 rings (SSSR count). The van der Waals surface area contributed by atoms with Gasteiger partial charge >= 0.3 is 11.9 Å². The van der Waals surface area contributed by atoms with Gasteiger partial charge in [0.2, 0.25) is 0 Å². The fourth-order valence-corrected chi connectivity index (χ4v) is 1.13. The largest absolute Gasteiger partial charge is 0.463 e. The minimum atomic E-state index is -0.498. The first-order chi connectivity index (χ1) is 7.16. The molecule has 0 bridgehead atoms. The van der Waals surface area contributed by atoms with Crippen LogP contribution in [0, 0.1) is 0 Å². The molecule has 0 aliphatic heterocycles. The molecule has 0 N–H and O–H groups in total. The van der Waals surface area contributed by atoms with Crippen molar-refractivity contribution in [3.63, 3.8) is 0 Å². The summed E-state index contributed by atoms with van der Waals surface area (Å²) in [6.45, 7) is 1.33. The first-order valence-corrected chi connectivity index (χ1v) is 5.55. The molecule has 0 aromatic heterocycles. The van der Waals surface area contributed by atoms with Crippen molar-refractivity contribution in [2.75, 3.05) is 19.1 Å². The van der Waals surface area contributed by atoms with Crippen LogP contribution < -0.4 is 0 Å². The number of halogens is 1. The number of rotatable bonds is 8. The van der Waals surface area contributed by atoms with Gasteiger partial charge < -0.3 is 9.47 Å². The monoisotopic (exact) mass is 236 g/mol. The summed E-state index contributed by atoms with van der Waals surface area (Å²) in [6.07, 6.45) is 3.85. The molecule has 0 aromatic rings. The first kappa shape index (κ1) is 14.2. The van der Waals surface area contributed by atoms with Gasteiger partial charge in [-0.05, 0) is 12.8 Å². The lowest BCUT2D eigenvalue weighted by Gasteiger charge is -2.04. The van der Waals surface area contributed by atoms with E-state index in [9.17, 15) is 9.59 Å². The van der Waals surface area contributed by atoms with E-state index in [1.807, 2.05) is 0 Å². The van der Waals surface area contributed by atoms with Crippen LogP contribution in [0.1, 0.15) is 32.6 Å². The summed E-state index contributed by atoms with van der Waals surface area (Å²) >= 11 is 5.50. The highest BCUT2D eigenvalue weighted by molar-refractivity contribution is 6.17. The third kappa shape index (κ3) is 11.2. The molecule has 0 aromatic carbocycles. The Balaban J connectivity index is 3.20. The van der Waals surface area contributed by atoms with E-state index in [4.69, 9.17) is 16.3 Å². The number of unbranched alkanes of at least 4 members (excludes halogenated alkanes) is 3. The van der Waals surface area contributed by atoms with Gasteiger partial charge in [-0.2, -0.15) is 0 Å². The second kappa shape index (κ2) is 9.77. The van der Waals surface area contributed by atoms with Crippen LogP contribution >= 0.6 is 11.6 Å². The molecular formula is C10H17ClO4. The SMILES string of the molecule is CC(=O)OCC(=O)OCCCCCCCl. The van der Waals surface area contributed by atoms with Gasteiger partial charge in [0.15, 0.2) is 6.61 Å². The molecule has 0 amide bonds. The van der Waals surface area contributed by atoms with Crippen LogP contribution in [-0.2, 0) is 19.1 Å². The van der Waals surface area contributed by atoms with E-state index >= 15 is 0 Å². The molecule has 0 radical (unpaired) electrons. The summed E-state index contributed by atoms with van der Waals surface area (Å²) in [5.74, 6) is -0.303. The van der Waals surface area contributed by atoms with Gasteiger partial charge in [-0.15, -0.1) is 11.6 Å². The predicted octanol–water partition coefficient (Wildman–Crippen LogP) is 1.89. The van der Waals surface area contributed by atoms with Crippen molar-refractivity contribution in [2.45, 2.75) is 32.6 Å². The zero-order chi connectivity index (χ0) is 11.5. The summed E-state index contributed by atoms with van der Waals surface area (Å²) in [4.78, 5) is 21.3. The third-order valence-corrected chi connectivity index (χ3v) is 1.95. The highest BCUT2D eigenvalue weighted by Crippen LogP contribution is 2.01. The van der Waals surface area contributed by atoms with E-state index in [1.165, 1.54) is 6.92 Å². The van der Waals surface area contributed by atoms with Crippen molar-refractivity contribution in [1.29, 1.82) is 0 Å². The molecular weight excluding hydrogens is 220 g/mol. The maximum absolute atomic E-state index is 10.9. The van der Waals surface area contributed by atoms with Crippen LogP contribution in [0.4, 0.5) is 0 Å². The van der Waals surface area contributed by atoms with Crippen LogP contribution in [0.25, 0.3) is 0 Å². The molecule has 0 aliphatic carbocycles. The quantitative estimate of drug-likeness (QED) is 0.367. The normalized spacial score (nSPS) is 9.73. The second-order valence-corrected chi connectivity index (χ2v) is 3.48. The highest BCUT2D eigenvalue weighted by atomic mass is 35.5. The topological polar surface area (TPSA) is 52.6 Å². The summed E-state index contributed by atoms with van der Waals surface area (Å²) < 4.78 is 9.29. The standard InChI is InChI=1S/C10H17ClO4/c1-9(12)15-8-10(13)14-7-5-3-2-4-6-11/h2-8H2,1H3. The molecule has 5 heteroatoms. The van der Waals surface area contributed by atoms with E-state index < -0.39 is 11.9 Å². The molecule has 0 saturated heterocycles. The van der Waals surface area contributed by atoms with Gasteiger partial charge in [-0.1, -0.05) is 12.8 Å². The van der Waals surface area contributed by atoms with Crippen LogP contribution in [0.2, 0.25) is 0 Å². The number of ether oxygens (including phenoxy) is 2. The Labute approximate surface area is 94.9 Å². The number of hydrogen-bond acceptors (Lipinski definition) is 4. The zero-order valence-electron chi connectivity index (χ0n) is 8.96. The van der Waals surface area contributed by atoms with E-state index in [-0.39, 0.29) is 6.61 Å². The fraction of sp³-hybridized carbons (Fsp3) is 0.800. The number of hydrogen-bond donors (Lipinski definition) is 0. The van der Waals surface area contributed by atoms with Crippen molar-refractivity contribution < 1.29 is 19.1 Å². The van der Waals surface area contributed by atoms with Gasteiger partial charge in [0.25, 0.3) is 0 Å². The lowest BCUT2D eigenvalue weighted by molar-refractivity contribution is -0.157. The predicted molar refractivity (Wildman–Crippen MR) is 56.8 cm³/mol. The Bertz CT molecular complexity index is 194. The van der Waals surface area contributed by atoms with Crippen LogP contribution in [0.15, 0.2) is 0 Å². The third-order valence-electron chi connectivity index (χ3n) is 1.68. The van der Waals surface area contributed by atoms with Crippen molar-refractivity contribution >= 4 is 23.5 Å². The fourth-order valence-electron chi connectivity index (χ4n) is 0.938. The van der Waals surface area contributed by atoms with Gasteiger partial charge in [0, 0.05) is 12.8 Å². The molecule has 0 fully saturated rings. The Morgan fingerprint density at radius 3 is 2.33 bits per heavy atom. The molecule has 0 aliphatic rings. The molecule has 0 atom stereocenters. The van der Waals surface area contributed by atoms with Crippen molar-refractivity contribution in [1.82, 2.24) is 0 Å². The molecule has 0 spiro atoms. The number of alkyl halides is 1. The minimum Gasteiger partial charge on any atom is -0.463 e. The minimum absolute atomic E-state index is 0.295. The van der Waals surface area contributed by atoms with Crippen molar-refractivity contribution in [3.05, 3.63) is 0 Å². The second-order valence-electron chi connectivity index (χ2n) is 3.10. The summed E-state index contributed by atoms with van der Waals surface area (Å²) in [6, 6.07) is 0. The summed E-state index contributed by atoms with van der Waals surface area (Å²) in [7, 11) is 0. The number of carbonyl (C=O) groups excluding carboxylic acids is 2. The van der Waals surface area contributed by atoms with Gasteiger partial charge in [0.05, 0.1) is 6.61 Å². The summed E-state index contributed by atoms with van der Waals surface area (Å²) in [5.41, 5.74) is 0. The van der Waals surface area contributed by atoms with E-state index in [0.717, 1.165) is 25.7 Å². The Kier molecular flexibility index (Phi) is 9.27. The zero-order valence-corrected chi connectivity index (χ0v) is 9.72. The molecule has 0 unspecified atom stereocenters. The molecule has 15 heavy (non-hydrogen) atoms. The van der Waals surface area contributed by atoms with E-state index in [2.05, 4.69) is 4.74 Å². The van der Waals surface area contributed by atoms with Crippen molar-refractivity contribution in [3.8, 4) is 0 Å². The van der Waals surface area contributed by atoms with Gasteiger partial charge in [-0.25, -0.2) is 4.79 Å². The van der Waals surface area contributed by atoms with Crippen LogP contribution in [0.3, 0.4) is 0 Å². The average Bonchev–Trinajstić information content (AvgIpc) is 2.20. The van der Waals surface area contributed by atoms with E-state index in [0.29, 0.717) is 12.5 Å². The number of carbonyl (C=O) groups is 2. The summed E-state index contributed by atoms with van der Waals surface area (Å²) in [5, 5.41) is 0. The van der Waals surface area contributed by atoms with Crippen LogP contribution in [-0.4, -0.2) is 31.0 Å². The molecule has 0 saturated carbocycles. The lowest BCUT2D eigenvalue weighted by atomic mass is 10.2. The molecule has 88 valence electrons. The highest BCUT2D eigenvalue weighted by Gasteiger charge is 2.04. The Hall–Kier alpha value is -0.770. The smallest absolute Gasteiger partial charge is 0.344 e. The lowest BCUT2D eigenvalue weighted by Crippen LogP contribution is -2.15. The number of esters is 2.